The van der Waals surface area contributed by atoms with Gasteiger partial charge in [0.15, 0.2) is 0 Å². The Morgan fingerprint density at radius 1 is 0.829 bits per heavy atom. The molecule has 0 bridgehead atoms. The van der Waals surface area contributed by atoms with Gasteiger partial charge < -0.3 is 9.47 Å². The molecule has 2 atom stereocenters. The van der Waals surface area contributed by atoms with Gasteiger partial charge in [-0.25, -0.2) is 0 Å². The van der Waals surface area contributed by atoms with Gasteiger partial charge in [-0.1, -0.05) is 60.7 Å². The molecule has 35 heavy (non-hydrogen) atoms. The number of hydrogen-bond acceptors (Lipinski definition) is 3. The van der Waals surface area contributed by atoms with Gasteiger partial charge in [-0.3, -0.25) is 4.79 Å². The Kier molecular flexibility index (Phi) is 6.64. The summed E-state index contributed by atoms with van der Waals surface area (Å²) >= 11 is 0. The lowest BCUT2D eigenvalue weighted by Crippen LogP contribution is -2.36. The summed E-state index contributed by atoms with van der Waals surface area (Å²) in [6, 6.07) is 19.0. The summed E-state index contributed by atoms with van der Waals surface area (Å²) in [4.78, 5) is 13.1. The molecule has 9 heteroatoms. The van der Waals surface area contributed by atoms with E-state index < -0.39 is 47.6 Å². The van der Waals surface area contributed by atoms with Gasteiger partial charge in [-0.2, -0.15) is 26.3 Å². The van der Waals surface area contributed by atoms with Gasteiger partial charge in [0.2, 0.25) is 0 Å². The number of esters is 1. The molecule has 1 saturated heterocycles. The van der Waals surface area contributed by atoms with Crippen LogP contribution in [0.15, 0.2) is 78.9 Å². The maximum absolute atomic E-state index is 13.2. The first-order valence-electron chi connectivity index (χ1n) is 10.7. The largest absolute Gasteiger partial charge is 0.457 e. The Morgan fingerprint density at radius 3 is 1.91 bits per heavy atom. The van der Waals surface area contributed by atoms with E-state index in [1.165, 1.54) is 0 Å². The van der Waals surface area contributed by atoms with E-state index in [0.29, 0.717) is 17.7 Å². The van der Waals surface area contributed by atoms with Crippen LogP contribution in [0.4, 0.5) is 26.3 Å². The predicted molar refractivity (Wildman–Crippen MR) is 114 cm³/mol. The number of hydrogen-bond donors (Lipinski definition) is 0. The summed E-state index contributed by atoms with van der Waals surface area (Å²) in [6.07, 6.45) is -10.3. The molecule has 0 saturated carbocycles. The summed E-state index contributed by atoms with van der Waals surface area (Å²) < 4.78 is 90.3. The van der Waals surface area contributed by atoms with Crippen molar-refractivity contribution in [3.8, 4) is 0 Å². The number of alkyl halides is 6. The first-order chi connectivity index (χ1) is 16.5. The molecule has 0 aliphatic carbocycles. The number of benzene rings is 3. The third-order valence-corrected chi connectivity index (χ3v) is 5.94. The molecule has 0 spiro atoms. The second kappa shape index (κ2) is 9.37. The van der Waals surface area contributed by atoms with Crippen LogP contribution in [0, 0.1) is 0 Å². The molecule has 0 unspecified atom stereocenters. The van der Waals surface area contributed by atoms with Crippen molar-refractivity contribution in [2.45, 2.75) is 36.9 Å². The normalized spacial score (nSPS) is 20.6. The van der Waals surface area contributed by atoms with Crippen molar-refractivity contribution in [2.75, 3.05) is 6.61 Å². The number of halogens is 6. The molecule has 1 aliphatic heterocycles. The third kappa shape index (κ3) is 5.35. The Hall–Kier alpha value is -3.33. The van der Waals surface area contributed by atoms with Crippen molar-refractivity contribution >= 4 is 5.97 Å². The van der Waals surface area contributed by atoms with E-state index in [-0.39, 0.29) is 24.7 Å². The Labute approximate surface area is 197 Å². The summed E-state index contributed by atoms with van der Waals surface area (Å²) in [5.41, 5.74) is -3.06. The molecular weight excluding hydrogens is 474 g/mol. The lowest BCUT2D eigenvalue weighted by Gasteiger charge is -2.25. The molecule has 4 rings (SSSR count). The van der Waals surface area contributed by atoms with Crippen molar-refractivity contribution < 1.29 is 40.6 Å². The predicted octanol–water partition coefficient (Wildman–Crippen LogP) is 6.87. The quantitative estimate of drug-likeness (QED) is 0.277. The van der Waals surface area contributed by atoms with Crippen molar-refractivity contribution in [3.63, 3.8) is 0 Å². The van der Waals surface area contributed by atoms with Crippen molar-refractivity contribution in [2.24, 2.45) is 0 Å². The fourth-order valence-electron chi connectivity index (χ4n) is 4.18. The number of carbonyl (C=O) groups is 1. The van der Waals surface area contributed by atoms with E-state index in [1.807, 2.05) is 6.07 Å². The molecule has 0 aromatic heterocycles. The van der Waals surface area contributed by atoms with Crippen LogP contribution < -0.4 is 0 Å². The summed E-state index contributed by atoms with van der Waals surface area (Å²) in [5, 5.41) is 0. The number of carbonyl (C=O) groups excluding carboxylic acids is 1. The summed E-state index contributed by atoms with van der Waals surface area (Å²) in [6.45, 7) is -0.832. The minimum absolute atomic E-state index is 0.0632. The van der Waals surface area contributed by atoms with Crippen LogP contribution in [0.5, 0.6) is 0 Å². The maximum Gasteiger partial charge on any atom is 0.416 e. The highest BCUT2D eigenvalue weighted by Gasteiger charge is 2.51. The van der Waals surface area contributed by atoms with Gasteiger partial charge in [-0.15, -0.1) is 0 Å². The van der Waals surface area contributed by atoms with Gasteiger partial charge >= 0.3 is 18.3 Å². The monoisotopic (exact) mass is 494 g/mol. The van der Waals surface area contributed by atoms with Crippen LogP contribution in [0.1, 0.15) is 40.3 Å². The lowest BCUT2D eigenvalue weighted by atomic mass is 9.78. The first-order valence-corrected chi connectivity index (χ1v) is 10.7. The molecular formula is C26H20F6O3. The van der Waals surface area contributed by atoms with Crippen molar-refractivity contribution in [1.82, 2.24) is 0 Å². The second-order valence-corrected chi connectivity index (χ2v) is 8.36. The van der Waals surface area contributed by atoms with Gasteiger partial charge in [0.1, 0.15) is 11.5 Å². The zero-order valence-electron chi connectivity index (χ0n) is 18.2. The van der Waals surface area contributed by atoms with Crippen LogP contribution in [-0.4, -0.2) is 12.6 Å². The zero-order valence-corrected chi connectivity index (χ0v) is 18.2. The highest BCUT2D eigenvalue weighted by Crippen LogP contribution is 2.45. The van der Waals surface area contributed by atoms with Crippen LogP contribution in [-0.2, 0) is 38.6 Å². The van der Waals surface area contributed by atoms with Crippen LogP contribution in [0.3, 0.4) is 0 Å². The number of cyclic esters (lactones) is 1. The van der Waals surface area contributed by atoms with E-state index in [9.17, 15) is 31.1 Å². The van der Waals surface area contributed by atoms with E-state index in [2.05, 4.69) is 0 Å². The molecule has 1 aliphatic rings. The molecule has 0 radical (unpaired) electrons. The molecule has 3 nitrogen and oxygen atoms in total. The van der Waals surface area contributed by atoms with Crippen LogP contribution in [0.25, 0.3) is 0 Å². The third-order valence-electron chi connectivity index (χ3n) is 5.94. The molecule has 1 heterocycles. The molecule has 1 fully saturated rings. The number of rotatable bonds is 6. The second-order valence-electron chi connectivity index (χ2n) is 8.36. The summed E-state index contributed by atoms with van der Waals surface area (Å²) in [5.74, 6) is -0.572. The zero-order chi connectivity index (χ0) is 25.3. The van der Waals surface area contributed by atoms with E-state index >= 15 is 0 Å². The fourth-order valence-corrected chi connectivity index (χ4v) is 4.18. The summed E-state index contributed by atoms with van der Waals surface area (Å²) in [7, 11) is 0. The maximum atomic E-state index is 13.2. The van der Waals surface area contributed by atoms with E-state index in [1.54, 1.807) is 54.6 Å². The van der Waals surface area contributed by atoms with Gasteiger partial charge in [0.25, 0.3) is 0 Å². The van der Waals surface area contributed by atoms with Gasteiger partial charge in [-0.05, 0) is 34.9 Å². The van der Waals surface area contributed by atoms with Crippen molar-refractivity contribution in [3.05, 3.63) is 107 Å². The molecule has 184 valence electrons. The molecule has 0 amide bonds. The first kappa shape index (κ1) is 24.8. The topological polar surface area (TPSA) is 35.5 Å². The van der Waals surface area contributed by atoms with Gasteiger partial charge in [0.05, 0.1) is 24.3 Å². The standard InChI is InChI=1S/C26H20F6O3/c27-25(28,29)20-11-17(12-21(13-20)26(30,31)32)15-34-16-24(19-9-5-2-6-10-19)14-22(35-23(24)33)18-7-3-1-4-8-18/h1-13,22H,14-16H2/t22-,24-/m0/s1. The molecule has 3 aromatic rings. The van der Waals surface area contributed by atoms with Crippen molar-refractivity contribution in [1.29, 1.82) is 0 Å². The fraction of sp³-hybridized carbons (Fsp3) is 0.269. The highest BCUT2D eigenvalue weighted by molar-refractivity contribution is 5.85. The SMILES string of the molecule is O=C1O[C@H](c2ccccc2)C[C@]1(COCc1cc(C(F)(F)F)cc(C(F)(F)F)c1)c1ccccc1. The molecule has 0 N–H and O–H groups in total. The Morgan fingerprint density at radius 2 is 1.37 bits per heavy atom. The lowest BCUT2D eigenvalue weighted by molar-refractivity contribution is -0.147. The van der Waals surface area contributed by atoms with Crippen LogP contribution >= 0.6 is 0 Å². The highest BCUT2D eigenvalue weighted by atomic mass is 19.4. The van der Waals surface area contributed by atoms with E-state index in [4.69, 9.17) is 9.47 Å². The smallest absolute Gasteiger partial charge is 0.416 e. The average molecular weight is 494 g/mol. The Bertz CT molecular complexity index is 1140. The van der Waals surface area contributed by atoms with E-state index in [0.717, 1.165) is 5.56 Å². The Balaban J connectivity index is 1.60. The molecule has 3 aromatic carbocycles. The minimum Gasteiger partial charge on any atom is -0.457 e. The average Bonchev–Trinajstić information content (AvgIpc) is 3.16. The van der Waals surface area contributed by atoms with Gasteiger partial charge in [0, 0.05) is 6.42 Å². The minimum atomic E-state index is -4.96. The number of ether oxygens (including phenoxy) is 2. The van der Waals surface area contributed by atoms with Crippen LogP contribution in [0.2, 0.25) is 0 Å².